The molecule has 0 saturated heterocycles. The molecule has 2 aromatic carbocycles. The third-order valence-corrected chi connectivity index (χ3v) is 3.40. The van der Waals surface area contributed by atoms with E-state index in [0.717, 1.165) is 11.3 Å². The van der Waals surface area contributed by atoms with Gasteiger partial charge in [-0.3, -0.25) is 0 Å². The number of aromatic nitrogens is 4. The van der Waals surface area contributed by atoms with Gasteiger partial charge in [-0.25, -0.2) is 4.79 Å². The summed E-state index contributed by atoms with van der Waals surface area (Å²) in [5.74, 6) is -0.463. The average molecular weight is 321 g/mol. The van der Waals surface area contributed by atoms with Gasteiger partial charge in [-0.2, -0.15) is 4.68 Å². The van der Waals surface area contributed by atoms with Crippen LogP contribution < -0.4 is 5.32 Å². The third kappa shape index (κ3) is 3.30. The van der Waals surface area contributed by atoms with Crippen LogP contribution in [0.3, 0.4) is 0 Å². The number of carbonyl (C=O) groups is 1. The van der Waals surface area contributed by atoms with Crippen molar-refractivity contribution in [2.75, 3.05) is 5.32 Å². The number of tetrazole rings is 1. The standard InChI is InChI=1S/C17H15N5O2/c1-12-6-8-13(9-7-12)22-16(19-20-21-22)10-11-18-15-5-3-2-4-14(15)17(23)24/h2-11,18H,1H3,(H,23,24)/b11-10-. The zero-order chi connectivity index (χ0) is 16.9. The van der Waals surface area contributed by atoms with E-state index in [9.17, 15) is 4.79 Å². The average Bonchev–Trinajstić information content (AvgIpc) is 3.04. The number of hydrogen-bond donors (Lipinski definition) is 2. The molecule has 0 bridgehead atoms. The SMILES string of the molecule is Cc1ccc(-n2nnnc2/C=C\Nc2ccccc2C(=O)O)cc1. The van der Waals surface area contributed by atoms with Crippen molar-refractivity contribution in [1.82, 2.24) is 20.2 Å². The highest BCUT2D eigenvalue weighted by Crippen LogP contribution is 2.15. The minimum absolute atomic E-state index is 0.195. The van der Waals surface area contributed by atoms with Gasteiger partial charge in [0.25, 0.3) is 0 Å². The zero-order valence-corrected chi connectivity index (χ0v) is 12.9. The van der Waals surface area contributed by atoms with E-state index in [-0.39, 0.29) is 5.56 Å². The second-order valence-corrected chi connectivity index (χ2v) is 5.11. The Kier molecular flexibility index (Phi) is 4.33. The van der Waals surface area contributed by atoms with Gasteiger partial charge in [0.15, 0.2) is 5.82 Å². The molecule has 0 aliphatic rings. The number of anilines is 1. The Balaban J connectivity index is 1.81. The summed E-state index contributed by atoms with van der Waals surface area (Å²) in [4.78, 5) is 11.2. The number of aryl methyl sites for hydroxylation is 1. The van der Waals surface area contributed by atoms with Gasteiger partial charge in [0.05, 0.1) is 16.9 Å². The molecule has 3 rings (SSSR count). The molecule has 1 aromatic heterocycles. The molecule has 24 heavy (non-hydrogen) atoms. The van der Waals surface area contributed by atoms with Crippen LogP contribution in [0, 0.1) is 6.92 Å². The summed E-state index contributed by atoms with van der Waals surface area (Å²) in [6.45, 7) is 2.01. The topological polar surface area (TPSA) is 92.9 Å². The van der Waals surface area contributed by atoms with Gasteiger partial charge in [-0.1, -0.05) is 29.8 Å². The maximum atomic E-state index is 11.2. The van der Waals surface area contributed by atoms with Crippen LogP contribution in [0.4, 0.5) is 5.69 Å². The smallest absolute Gasteiger partial charge is 0.337 e. The number of nitrogens with zero attached hydrogens (tertiary/aromatic N) is 4. The predicted octanol–water partition coefficient (Wildman–Crippen LogP) is 2.75. The first-order valence-electron chi connectivity index (χ1n) is 7.26. The lowest BCUT2D eigenvalue weighted by Crippen LogP contribution is -2.02. The number of aromatic carboxylic acids is 1. The largest absolute Gasteiger partial charge is 0.478 e. The molecular formula is C17H15N5O2. The first-order valence-corrected chi connectivity index (χ1v) is 7.26. The molecule has 7 nitrogen and oxygen atoms in total. The van der Waals surface area contributed by atoms with E-state index in [2.05, 4.69) is 20.8 Å². The summed E-state index contributed by atoms with van der Waals surface area (Å²) < 4.78 is 1.60. The molecule has 0 unspecified atom stereocenters. The summed E-state index contributed by atoms with van der Waals surface area (Å²) in [6, 6.07) is 14.5. The fraction of sp³-hybridized carbons (Fsp3) is 0.0588. The molecule has 1 heterocycles. The summed E-state index contributed by atoms with van der Waals surface area (Å²) in [5, 5.41) is 23.7. The molecule has 0 amide bonds. The number of nitrogens with one attached hydrogen (secondary N) is 1. The molecule has 0 aliphatic carbocycles. The highest BCUT2D eigenvalue weighted by atomic mass is 16.4. The number of carboxylic acid groups (broad SMARTS) is 1. The van der Waals surface area contributed by atoms with E-state index >= 15 is 0 Å². The Bertz CT molecular complexity index is 884. The lowest BCUT2D eigenvalue weighted by Gasteiger charge is -2.05. The summed E-state index contributed by atoms with van der Waals surface area (Å²) in [6.07, 6.45) is 3.29. The van der Waals surface area contributed by atoms with Gasteiger partial charge in [0.2, 0.25) is 0 Å². The first-order chi connectivity index (χ1) is 11.6. The first kappa shape index (κ1) is 15.4. The van der Waals surface area contributed by atoms with Crippen LogP contribution in [0.15, 0.2) is 54.7 Å². The van der Waals surface area contributed by atoms with Crippen molar-refractivity contribution in [3.63, 3.8) is 0 Å². The number of carboxylic acids is 1. The molecule has 2 N–H and O–H groups in total. The molecule has 0 spiro atoms. The maximum absolute atomic E-state index is 11.2. The highest BCUT2D eigenvalue weighted by Gasteiger charge is 2.08. The molecule has 120 valence electrons. The molecule has 0 atom stereocenters. The minimum atomic E-state index is -0.990. The Morgan fingerprint density at radius 2 is 1.92 bits per heavy atom. The number of hydrogen-bond acceptors (Lipinski definition) is 5. The van der Waals surface area contributed by atoms with Gasteiger partial charge in [-0.05, 0) is 41.6 Å². The van der Waals surface area contributed by atoms with Gasteiger partial charge < -0.3 is 10.4 Å². The Morgan fingerprint density at radius 1 is 1.17 bits per heavy atom. The van der Waals surface area contributed by atoms with E-state index in [0.29, 0.717) is 11.5 Å². The van der Waals surface area contributed by atoms with E-state index in [1.807, 2.05) is 31.2 Å². The number of para-hydroxylation sites is 1. The van der Waals surface area contributed by atoms with Crippen molar-refractivity contribution in [3.8, 4) is 5.69 Å². The summed E-state index contributed by atoms with van der Waals surface area (Å²) in [7, 11) is 0. The van der Waals surface area contributed by atoms with Crippen molar-refractivity contribution in [2.24, 2.45) is 0 Å². The van der Waals surface area contributed by atoms with Crippen LogP contribution in [-0.4, -0.2) is 31.3 Å². The predicted molar refractivity (Wildman–Crippen MR) is 89.9 cm³/mol. The summed E-state index contributed by atoms with van der Waals surface area (Å²) >= 11 is 0. The lowest BCUT2D eigenvalue weighted by atomic mass is 10.2. The molecule has 7 heteroatoms. The third-order valence-electron chi connectivity index (χ3n) is 3.40. The van der Waals surface area contributed by atoms with Gasteiger partial charge in [0.1, 0.15) is 0 Å². The highest BCUT2D eigenvalue weighted by molar-refractivity contribution is 5.94. The van der Waals surface area contributed by atoms with Gasteiger partial charge in [0, 0.05) is 12.3 Å². The Labute approximate surface area is 138 Å². The van der Waals surface area contributed by atoms with Crippen molar-refractivity contribution in [2.45, 2.75) is 6.92 Å². The summed E-state index contributed by atoms with van der Waals surface area (Å²) in [5.41, 5.74) is 2.68. The minimum Gasteiger partial charge on any atom is -0.478 e. The van der Waals surface area contributed by atoms with Crippen LogP contribution in [0.5, 0.6) is 0 Å². The fourth-order valence-electron chi connectivity index (χ4n) is 2.17. The quantitative estimate of drug-likeness (QED) is 0.750. The second-order valence-electron chi connectivity index (χ2n) is 5.11. The van der Waals surface area contributed by atoms with Crippen LogP contribution >= 0.6 is 0 Å². The van der Waals surface area contributed by atoms with Gasteiger partial charge in [-0.15, -0.1) is 5.10 Å². The van der Waals surface area contributed by atoms with Crippen LogP contribution in [0.25, 0.3) is 11.8 Å². The maximum Gasteiger partial charge on any atom is 0.337 e. The van der Waals surface area contributed by atoms with E-state index in [4.69, 9.17) is 5.11 Å². The number of rotatable bonds is 5. The van der Waals surface area contributed by atoms with Crippen molar-refractivity contribution in [3.05, 3.63) is 71.7 Å². The zero-order valence-electron chi connectivity index (χ0n) is 12.9. The van der Waals surface area contributed by atoms with E-state index in [1.54, 1.807) is 35.2 Å². The second kappa shape index (κ2) is 6.74. The molecule has 0 radical (unpaired) electrons. The normalized spacial score (nSPS) is 10.9. The Hall–Kier alpha value is -3.48. The lowest BCUT2D eigenvalue weighted by molar-refractivity contribution is 0.0698. The Morgan fingerprint density at radius 3 is 2.67 bits per heavy atom. The molecule has 0 fully saturated rings. The molecule has 0 saturated carbocycles. The van der Waals surface area contributed by atoms with Crippen molar-refractivity contribution < 1.29 is 9.90 Å². The monoisotopic (exact) mass is 321 g/mol. The molecule has 3 aromatic rings. The number of benzene rings is 2. The van der Waals surface area contributed by atoms with E-state index < -0.39 is 5.97 Å². The van der Waals surface area contributed by atoms with Crippen molar-refractivity contribution >= 4 is 17.7 Å². The molecular weight excluding hydrogens is 306 g/mol. The van der Waals surface area contributed by atoms with Crippen LogP contribution in [0.2, 0.25) is 0 Å². The molecule has 0 aliphatic heterocycles. The fourth-order valence-corrected chi connectivity index (χ4v) is 2.17. The van der Waals surface area contributed by atoms with Gasteiger partial charge >= 0.3 is 5.97 Å². The van der Waals surface area contributed by atoms with Crippen molar-refractivity contribution in [1.29, 1.82) is 0 Å². The van der Waals surface area contributed by atoms with E-state index in [1.165, 1.54) is 6.07 Å². The van der Waals surface area contributed by atoms with Crippen LogP contribution in [0.1, 0.15) is 21.7 Å². The van der Waals surface area contributed by atoms with Crippen LogP contribution in [-0.2, 0) is 0 Å².